The van der Waals surface area contributed by atoms with Gasteiger partial charge in [0.25, 0.3) is 5.91 Å². The van der Waals surface area contributed by atoms with Gasteiger partial charge in [0.1, 0.15) is 5.69 Å². The summed E-state index contributed by atoms with van der Waals surface area (Å²) in [5, 5.41) is 6.18. The first-order valence-electron chi connectivity index (χ1n) is 5.33. The maximum atomic E-state index is 11.5. The highest BCUT2D eigenvalue weighted by Gasteiger charge is 2.14. The third-order valence-electron chi connectivity index (χ3n) is 2.74. The topological polar surface area (TPSA) is 69.8 Å². The molecule has 0 spiro atoms. The normalized spacial score (nSPS) is 20.4. The number of rotatable bonds is 4. The van der Waals surface area contributed by atoms with Crippen LogP contribution in [0.15, 0.2) is 12.5 Å². The maximum Gasteiger partial charge on any atom is 0.269 e. The summed E-state index contributed by atoms with van der Waals surface area (Å²) in [5.41, 5.74) is 0.527. The van der Waals surface area contributed by atoms with Crippen molar-refractivity contribution >= 4 is 5.91 Å². The van der Waals surface area contributed by atoms with Crippen LogP contribution < -0.4 is 10.6 Å². The van der Waals surface area contributed by atoms with Crippen LogP contribution in [0.3, 0.4) is 0 Å². The smallest absolute Gasteiger partial charge is 0.269 e. The molecular formula is C10H16N4O. The summed E-state index contributed by atoms with van der Waals surface area (Å²) in [4.78, 5) is 18.1. The lowest BCUT2D eigenvalue weighted by Gasteiger charge is -2.08. The lowest BCUT2D eigenvalue weighted by atomic mass is 10.1. The van der Waals surface area contributed by atoms with E-state index in [0.717, 1.165) is 26.1 Å². The molecule has 1 aromatic rings. The summed E-state index contributed by atoms with van der Waals surface area (Å²) in [7, 11) is 0. The van der Waals surface area contributed by atoms with E-state index in [1.165, 1.54) is 18.9 Å². The molecule has 2 heterocycles. The summed E-state index contributed by atoms with van der Waals surface area (Å²) in [6.45, 7) is 2.93. The van der Waals surface area contributed by atoms with Crippen molar-refractivity contribution < 1.29 is 4.79 Å². The molecule has 3 N–H and O–H groups in total. The van der Waals surface area contributed by atoms with E-state index in [4.69, 9.17) is 0 Å². The molecule has 82 valence electrons. The van der Waals surface area contributed by atoms with Crippen molar-refractivity contribution in [3.05, 3.63) is 18.2 Å². The highest BCUT2D eigenvalue weighted by Crippen LogP contribution is 2.10. The first kappa shape index (κ1) is 10.2. The number of aromatic nitrogens is 2. The molecule has 5 heteroatoms. The van der Waals surface area contributed by atoms with E-state index in [0.29, 0.717) is 11.6 Å². The number of aromatic amines is 1. The minimum absolute atomic E-state index is 0.0709. The SMILES string of the molecule is O=C(NCCC1CCNC1)c1cnc[nH]1. The van der Waals surface area contributed by atoms with Crippen LogP contribution in [-0.2, 0) is 0 Å². The fraction of sp³-hybridized carbons (Fsp3) is 0.600. The Kier molecular flexibility index (Phi) is 3.34. The predicted octanol–water partition coefficient (Wildman–Crippen LogP) is 0.139. The average Bonchev–Trinajstić information content (AvgIpc) is 2.90. The molecule has 1 fully saturated rings. The molecule has 0 aromatic carbocycles. The van der Waals surface area contributed by atoms with Crippen LogP contribution >= 0.6 is 0 Å². The highest BCUT2D eigenvalue weighted by molar-refractivity contribution is 5.91. The van der Waals surface area contributed by atoms with Crippen molar-refractivity contribution in [2.45, 2.75) is 12.8 Å². The number of amides is 1. The maximum absolute atomic E-state index is 11.5. The molecule has 0 radical (unpaired) electrons. The van der Waals surface area contributed by atoms with E-state index in [1.807, 2.05) is 0 Å². The number of nitrogens with one attached hydrogen (secondary N) is 3. The van der Waals surface area contributed by atoms with Gasteiger partial charge in [0.2, 0.25) is 0 Å². The van der Waals surface area contributed by atoms with Gasteiger partial charge in [-0.25, -0.2) is 4.98 Å². The van der Waals surface area contributed by atoms with E-state index < -0.39 is 0 Å². The number of imidazole rings is 1. The monoisotopic (exact) mass is 208 g/mol. The lowest BCUT2D eigenvalue weighted by Crippen LogP contribution is -2.26. The molecule has 15 heavy (non-hydrogen) atoms. The van der Waals surface area contributed by atoms with Crippen LogP contribution in [0.25, 0.3) is 0 Å². The predicted molar refractivity (Wildman–Crippen MR) is 56.5 cm³/mol. The summed E-state index contributed by atoms with van der Waals surface area (Å²) in [6.07, 6.45) is 5.31. The Morgan fingerprint density at radius 1 is 1.67 bits per heavy atom. The molecule has 1 aromatic heterocycles. The number of H-pyrrole nitrogens is 1. The molecule has 0 aliphatic carbocycles. The second-order valence-corrected chi connectivity index (χ2v) is 3.87. The van der Waals surface area contributed by atoms with E-state index >= 15 is 0 Å². The van der Waals surface area contributed by atoms with E-state index in [-0.39, 0.29) is 5.91 Å². The Hall–Kier alpha value is -1.36. The van der Waals surface area contributed by atoms with Gasteiger partial charge < -0.3 is 15.6 Å². The van der Waals surface area contributed by atoms with Crippen LogP contribution in [0.2, 0.25) is 0 Å². The zero-order valence-corrected chi connectivity index (χ0v) is 8.62. The van der Waals surface area contributed by atoms with Gasteiger partial charge in [0, 0.05) is 6.54 Å². The average molecular weight is 208 g/mol. The number of nitrogens with zero attached hydrogens (tertiary/aromatic N) is 1. The summed E-state index contributed by atoms with van der Waals surface area (Å²) in [6, 6.07) is 0. The molecule has 0 bridgehead atoms. The molecule has 1 atom stereocenters. The van der Waals surface area contributed by atoms with Crippen LogP contribution in [0, 0.1) is 5.92 Å². The van der Waals surface area contributed by atoms with Gasteiger partial charge in [0.05, 0.1) is 12.5 Å². The number of carbonyl (C=O) groups is 1. The second-order valence-electron chi connectivity index (χ2n) is 3.87. The second kappa shape index (κ2) is 4.93. The van der Waals surface area contributed by atoms with Gasteiger partial charge in [-0.15, -0.1) is 0 Å². The van der Waals surface area contributed by atoms with Gasteiger partial charge in [-0.2, -0.15) is 0 Å². The van der Waals surface area contributed by atoms with Gasteiger partial charge in [-0.1, -0.05) is 0 Å². The zero-order chi connectivity index (χ0) is 10.5. The number of hydrogen-bond acceptors (Lipinski definition) is 3. The summed E-state index contributed by atoms with van der Waals surface area (Å²) >= 11 is 0. The van der Waals surface area contributed by atoms with Crippen LogP contribution in [0.1, 0.15) is 23.3 Å². The van der Waals surface area contributed by atoms with Crippen molar-refractivity contribution in [1.82, 2.24) is 20.6 Å². The van der Waals surface area contributed by atoms with Gasteiger partial charge in [0.15, 0.2) is 0 Å². The fourth-order valence-corrected chi connectivity index (χ4v) is 1.83. The van der Waals surface area contributed by atoms with Crippen molar-refractivity contribution in [2.24, 2.45) is 5.92 Å². The summed E-state index contributed by atoms with van der Waals surface area (Å²) < 4.78 is 0. The molecular weight excluding hydrogens is 192 g/mol. The fourth-order valence-electron chi connectivity index (χ4n) is 1.83. The molecule has 2 rings (SSSR count). The standard InChI is InChI=1S/C10H16N4O/c15-10(9-6-12-7-14-9)13-4-2-8-1-3-11-5-8/h6-8,11H,1-5H2,(H,12,14)(H,13,15). The minimum Gasteiger partial charge on any atom is -0.351 e. The largest absolute Gasteiger partial charge is 0.351 e. The van der Waals surface area contributed by atoms with Gasteiger partial charge in [-0.05, 0) is 31.8 Å². The van der Waals surface area contributed by atoms with Crippen LogP contribution in [-0.4, -0.2) is 35.5 Å². The first-order valence-corrected chi connectivity index (χ1v) is 5.33. The Morgan fingerprint density at radius 2 is 2.60 bits per heavy atom. The van der Waals surface area contributed by atoms with E-state index in [9.17, 15) is 4.79 Å². The number of hydrogen-bond donors (Lipinski definition) is 3. The minimum atomic E-state index is -0.0709. The quantitative estimate of drug-likeness (QED) is 0.659. The van der Waals surface area contributed by atoms with Crippen molar-refractivity contribution in [3.8, 4) is 0 Å². The molecule has 1 amide bonds. The molecule has 1 unspecified atom stereocenters. The Labute approximate surface area is 88.7 Å². The van der Waals surface area contributed by atoms with Crippen molar-refractivity contribution in [3.63, 3.8) is 0 Å². The Morgan fingerprint density at radius 3 is 3.27 bits per heavy atom. The van der Waals surface area contributed by atoms with Crippen LogP contribution in [0.5, 0.6) is 0 Å². The molecule has 1 aliphatic rings. The third kappa shape index (κ3) is 2.79. The highest BCUT2D eigenvalue weighted by atomic mass is 16.1. The van der Waals surface area contributed by atoms with Crippen LogP contribution in [0.4, 0.5) is 0 Å². The van der Waals surface area contributed by atoms with Gasteiger partial charge >= 0.3 is 0 Å². The Bertz CT molecular complexity index is 303. The molecule has 1 saturated heterocycles. The lowest BCUT2D eigenvalue weighted by molar-refractivity contribution is 0.0947. The summed E-state index contributed by atoms with van der Waals surface area (Å²) in [5.74, 6) is 0.644. The van der Waals surface area contributed by atoms with E-state index in [1.54, 1.807) is 0 Å². The van der Waals surface area contributed by atoms with Gasteiger partial charge in [-0.3, -0.25) is 4.79 Å². The molecule has 5 nitrogen and oxygen atoms in total. The third-order valence-corrected chi connectivity index (χ3v) is 2.74. The molecule has 0 saturated carbocycles. The van der Waals surface area contributed by atoms with E-state index in [2.05, 4.69) is 20.6 Å². The molecule has 1 aliphatic heterocycles. The Balaban J connectivity index is 1.67. The zero-order valence-electron chi connectivity index (χ0n) is 8.62. The number of carbonyl (C=O) groups excluding carboxylic acids is 1. The van der Waals surface area contributed by atoms with Crippen molar-refractivity contribution in [2.75, 3.05) is 19.6 Å². The van der Waals surface area contributed by atoms with Crippen molar-refractivity contribution in [1.29, 1.82) is 0 Å². The first-order chi connectivity index (χ1) is 7.36.